The first-order chi connectivity index (χ1) is 13.2. The van der Waals surface area contributed by atoms with Crippen molar-refractivity contribution in [2.45, 2.75) is 45.8 Å². The minimum absolute atomic E-state index is 0.118. The number of carbonyl (C=O) groups excluding carboxylic acids is 1. The monoisotopic (exact) mass is 369 g/mol. The van der Waals surface area contributed by atoms with Crippen LogP contribution in [0.1, 0.15) is 47.1 Å². The molecule has 1 aromatic heterocycles. The molecule has 27 heavy (non-hydrogen) atoms. The standard InChI is InChI=1S/C20H27N5O2/c1-3-24-10-9-17-15(13-24)6-4-8-18(17)25-14(2)19(22-23-25)20(26)21-12-16-7-5-11-27-16/h4,6,8,16H,3,5,7,9-13H2,1-2H3,(H,21,26)/t16-/m1/s1. The number of amides is 1. The van der Waals surface area contributed by atoms with Gasteiger partial charge in [0.15, 0.2) is 5.69 Å². The second-order valence-electron chi connectivity index (χ2n) is 7.31. The maximum absolute atomic E-state index is 12.5. The molecular weight excluding hydrogens is 342 g/mol. The third-order valence-corrected chi connectivity index (χ3v) is 5.62. The number of hydrogen-bond acceptors (Lipinski definition) is 5. The molecule has 0 radical (unpaired) electrons. The molecule has 1 atom stereocenters. The summed E-state index contributed by atoms with van der Waals surface area (Å²) in [6, 6.07) is 6.31. The lowest BCUT2D eigenvalue weighted by Gasteiger charge is -2.29. The van der Waals surface area contributed by atoms with E-state index in [2.05, 4.69) is 45.7 Å². The molecule has 0 saturated carbocycles. The molecule has 2 aliphatic rings. The minimum atomic E-state index is -0.184. The van der Waals surface area contributed by atoms with E-state index in [-0.39, 0.29) is 12.0 Å². The third-order valence-electron chi connectivity index (χ3n) is 5.62. The minimum Gasteiger partial charge on any atom is -0.376 e. The average molecular weight is 369 g/mol. The Kier molecular flexibility index (Phi) is 5.22. The molecule has 0 aliphatic carbocycles. The van der Waals surface area contributed by atoms with Gasteiger partial charge in [0, 0.05) is 26.2 Å². The lowest BCUT2D eigenvalue weighted by molar-refractivity contribution is 0.0853. The zero-order valence-corrected chi connectivity index (χ0v) is 16.1. The van der Waals surface area contributed by atoms with Crippen molar-refractivity contribution < 1.29 is 9.53 Å². The summed E-state index contributed by atoms with van der Waals surface area (Å²) in [5.41, 5.74) is 4.83. The van der Waals surface area contributed by atoms with Crippen LogP contribution >= 0.6 is 0 Å². The number of rotatable bonds is 5. The largest absolute Gasteiger partial charge is 0.376 e. The molecular formula is C20H27N5O2. The molecule has 2 aliphatic heterocycles. The van der Waals surface area contributed by atoms with Crippen LogP contribution in [0, 0.1) is 6.92 Å². The second-order valence-corrected chi connectivity index (χ2v) is 7.31. The molecule has 2 aromatic rings. The number of benzene rings is 1. The van der Waals surface area contributed by atoms with Crippen LogP contribution in [0.3, 0.4) is 0 Å². The number of nitrogens with one attached hydrogen (secondary N) is 1. The molecule has 0 bridgehead atoms. The zero-order valence-electron chi connectivity index (χ0n) is 16.1. The summed E-state index contributed by atoms with van der Waals surface area (Å²) < 4.78 is 7.37. The van der Waals surface area contributed by atoms with Gasteiger partial charge in [-0.15, -0.1) is 5.10 Å². The SMILES string of the molecule is CCN1CCc2c(cccc2-n2nnc(C(=O)NC[C@H]3CCCO3)c2C)C1. The third kappa shape index (κ3) is 3.61. The number of carbonyl (C=O) groups is 1. The van der Waals surface area contributed by atoms with Crippen LogP contribution in [0.5, 0.6) is 0 Å². The normalized spacial score (nSPS) is 19.9. The Labute approximate surface area is 159 Å². The molecule has 1 N–H and O–H groups in total. The number of likely N-dealkylation sites (N-methyl/N-ethyl adjacent to an activating group) is 1. The van der Waals surface area contributed by atoms with E-state index in [0.29, 0.717) is 12.2 Å². The zero-order chi connectivity index (χ0) is 18.8. The molecule has 4 rings (SSSR count). The molecule has 1 fully saturated rings. The van der Waals surface area contributed by atoms with Crippen LogP contribution in [-0.4, -0.2) is 58.1 Å². The maximum atomic E-state index is 12.5. The summed E-state index contributed by atoms with van der Waals surface area (Å²) in [5.74, 6) is -0.184. The number of nitrogens with zero attached hydrogens (tertiary/aromatic N) is 4. The fraction of sp³-hybridized carbons (Fsp3) is 0.550. The van der Waals surface area contributed by atoms with Crippen molar-refractivity contribution in [1.82, 2.24) is 25.2 Å². The highest BCUT2D eigenvalue weighted by Gasteiger charge is 2.23. The molecule has 144 valence electrons. The van der Waals surface area contributed by atoms with Crippen LogP contribution < -0.4 is 5.32 Å². The first-order valence-electron chi connectivity index (χ1n) is 9.83. The summed E-state index contributed by atoms with van der Waals surface area (Å²) in [6.45, 7) is 8.47. The first-order valence-corrected chi connectivity index (χ1v) is 9.83. The highest BCUT2D eigenvalue weighted by molar-refractivity contribution is 5.93. The van der Waals surface area contributed by atoms with Crippen molar-refractivity contribution in [1.29, 1.82) is 0 Å². The molecule has 0 spiro atoms. The number of fused-ring (bicyclic) bond motifs is 1. The van der Waals surface area contributed by atoms with E-state index in [1.54, 1.807) is 4.68 Å². The summed E-state index contributed by atoms with van der Waals surface area (Å²) in [4.78, 5) is 15.0. The van der Waals surface area contributed by atoms with E-state index >= 15 is 0 Å². The van der Waals surface area contributed by atoms with Crippen molar-refractivity contribution >= 4 is 5.91 Å². The summed E-state index contributed by atoms with van der Waals surface area (Å²) in [7, 11) is 0. The Balaban J connectivity index is 1.55. The first kappa shape index (κ1) is 18.1. The molecule has 1 amide bonds. The van der Waals surface area contributed by atoms with Gasteiger partial charge in [0.25, 0.3) is 5.91 Å². The Morgan fingerprint density at radius 1 is 1.41 bits per heavy atom. The van der Waals surface area contributed by atoms with E-state index in [1.165, 1.54) is 11.1 Å². The van der Waals surface area contributed by atoms with E-state index in [0.717, 1.165) is 56.9 Å². The Morgan fingerprint density at radius 2 is 2.30 bits per heavy atom. The smallest absolute Gasteiger partial charge is 0.273 e. The number of aromatic nitrogens is 3. The van der Waals surface area contributed by atoms with Gasteiger partial charge in [0.2, 0.25) is 0 Å². The number of ether oxygens (including phenoxy) is 1. The predicted molar refractivity (Wildman–Crippen MR) is 102 cm³/mol. The van der Waals surface area contributed by atoms with Gasteiger partial charge in [0.05, 0.1) is 17.5 Å². The maximum Gasteiger partial charge on any atom is 0.273 e. The van der Waals surface area contributed by atoms with Crippen molar-refractivity contribution in [3.8, 4) is 5.69 Å². The van der Waals surface area contributed by atoms with Crippen molar-refractivity contribution in [3.05, 3.63) is 40.7 Å². The quantitative estimate of drug-likeness (QED) is 0.871. The molecule has 0 unspecified atom stereocenters. The topological polar surface area (TPSA) is 72.3 Å². The van der Waals surface area contributed by atoms with Crippen LogP contribution in [0.2, 0.25) is 0 Å². The van der Waals surface area contributed by atoms with Gasteiger partial charge in [-0.2, -0.15) is 0 Å². The van der Waals surface area contributed by atoms with Gasteiger partial charge in [-0.05, 0) is 49.9 Å². The van der Waals surface area contributed by atoms with Crippen molar-refractivity contribution in [3.63, 3.8) is 0 Å². The van der Waals surface area contributed by atoms with Crippen molar-refractivity contribution in [2.75, 3.05) is 26.2 Å². The lowest BCUT2D eigenvalue weighted by Crippen LogP contribution is -2.32. The highest BCUT2D eigenvalue weighted by atomic mass is 16.5. The van der Waals surface area contributed by atoms with Gasteiger partial charge >= 0.3 is 0 Å². The van der Waals surface area contributed by atoms with Gasteiger partial charge in [-0.3, -0.25) is 9.69 Å². The molecule has 7 nitrogen and oxygen atoms in total. The Hall–Kier alpha value is -2.25. The summed E-state index contributed by atoms with van der Waals surface area (Å²) in [5, 5.41) is 11.4. The fourth-order valence-corrected chi connectivity index (χ4v) is 3.98. The van der Waals surface area contributed by atoms with E-state index in [4.69, 9.17) is 4.74 Å². The van der Waals surface area contributed by atoms with E-state index in [9.17, 15) is 4.79 Å². The van der Waals surface area contributed by atoms with Gasteiger partial charge in [0.1, 0.15) is 0 Å². The van der Waals surface area contributed by atoms with Crippen molar-refractivity contribution in [2.24, 2.45) is 0 Å². The van der Waals surface area contributed by atoms with Crippen LogP contribution in [0.15, 0.2) is 18.2 Å². The fourth-order valence-electron chi connectivity index (χ4n) is 3.98. The Morgan fingerprint density at radius 3 is 3.07 bits per heavy atom. The van der Waals surface area contributed by atoms with E-state index < -0.39 is 0 Å². The van der Waals surface area contributed by atoms with Crippen LogP contribution in [-0.2, 0) is 17.7 Å². The highest BCUT2D eigenvalue weighted by Crippen LogP contribution is 2.26. The van der Waals surface area contributed by atoms with E-state index in [1.807, 2.05) is 6.92 Å². The molecule has 3 heterocycles. The average Bonchev–Trinajstić information content (AvgIpc) is 3.35. The second kappa shape index (κ2) is 7.78. The molecule has 1 aromatic carbocycles. The summed E-state index contributed by atoms with van der Waals surface area (Å²) >= 11 is 0. The predicted octanol–water partition coefficient (Wildman–Crippen LogP) is 1.86. The lowest BCUT2D eigenvalue weighted by atomic mass is 9.97. The number of hydrogen-bond donors (Lipinski definition) is 1. The Bertz CT molecular complexity index is 826. The van der Waals surface area contributed by atoms with Gasteiger partial charge < -0.3 is 10.1 Å². The van der Waals surface area contributed by atoms with Crippen LogP contribution in [0.4, 0.5) is 0 Å². The summed E-state index contributed by atoms with van der Waals surface area (Å²) in [6.07, 6.45) is 3.16. The molecule has 7 heteroatoms. The molecule has 1 saturated heterocycles. The van der Waals surface area contributed by atoms with Crippen LogP contribution in [0.25, 0.3) is 5.69 Å². The van der Waals surface area contributed by atoms with Gasteiger partial charge in [-0.25, -0.2) is 4.68 Å². The van der Waals surface area contributed by atoms with Gasteiger partial charge in [-0.1, -0.05) is 24.3 Å².